The van der Waals surface area contributed by atoms with E-state index in [1.165, 1.54) is 11.0 Å². The molecule has 94 valence electrons. The van der Waals surface area contributed by atoms with Crippen LogP contribution in [0.5, 0.6) is 0 Å². The molecule has 1 heterocycles. The number of anilines is 1. The van der Waals surface area contributed by atoms with Gasteiger partial charge in [-0.15, -0.1) is 5.10 Å². The third kappa shape index (κ3) is 2.51. The van der Waals surface area contributed by atoms with Gasteiger partial charge in [-0.25, -0.2) is 0 Å². The smallest absolute Gasteiger partial charge is 0.241 e. The number of rotatable bonds is 4. The molecule has 0 aliphatic rings. The largest absolute Gasteiger partial charge is 0.323 e. The number of aromatic nitrogens is 4. The van der Waals surface area contributed by atoms with Gasteiger partial charge in [0.2, 0.25) is 5.91 Å². The van der Waals surface area contributed by atoms with Crippen LogP contribution >= 0.6 is 0 Å². The van der Waals surface area contributed by atoms with Gasteiger partial charge in [-0.2, -0.15) is 4.68 Å². The molecule has 7 heteroatoms. The van der Waals surface area contributed by atoms with Crippen LogP contribution in [0.4, 0.5) is 5.69 Å². The average molecular weight is 246 g/mol. The maximum absolute atomic E-state index is 11.8. The van der Waals surface area contributed by atoms with Gasteiger partial charge in [0.25, 0.3) is 0 Å². The third-order valence-corrected chi connectivity index (χ3v) is 2.58. The molecule has 2 aromatic rings. The summed E-state index contributed by atoms with van der Waals surface area (Å²) in [6.45, 7) is 1.79. The predicted molar refractivity (Wildman–Crippen MR) is 66.3 cm³/mol. The lowest BCUT2D eigenvalue weighted by atomic mass is 10.2. The lowest BCUT2D eigenvalue weighted by Gasteiger charge is -2.13. The van der Waals surface area contributed by atoms with Crippen molar-refractivity contribution in [2.75, 3.05) is 12.4 Å². The summed E-state index contributed by atoms with van der Waals surface area (Å²) in [5.74, 6) is -0.113. The van der Waals surface area contributed by atoms with E-state index in [4.69, 9.17) is 0 Å². The first kappa shape index (κ1) is 12.2. The Labute approximate surface area is 104 Å². The highest BCUT2D eigenvalue weighted by atomic mass is 16.2. The number of amides is 1. The van der Waals surface area contributed by atoms with Gasteiger partial charge < -0.3 is 10.6 Å². The highest BCUT2D eigenvalue weighted by molar-refractivity contribution is 5.96. The number of carbonyl (C=O) groups is 1. The Balaban J connectivity index is 2.26. The number of hydrogen-bond donors (Lipinski definition) is 2. The highest BCUT2D eigenvalue weighted by Gasteiger charge is 2.13. The Hall–Kier alpha value is -2.28. The molecular formula is C11H14N6O. The maximum Gasteiger partial charge on any atom is 0.241 e. The molecule has 18 heavy (non-hydrogen) atoms. The molecule has 1 unspecified atom stereocenters. The molecule has 2 rings (SSSR count). The van der Waals surface area contributed by atoms with E-state index in [2.05, 4.69) is 26.2 Å². The van der Waals surface area contributed by atoms with Crippen LogP contribution in [0.25, 0.3) is 5.69 Å². The fourth-order valence-corrected chi connectivity index (χ4v) is 1.42. The van der Waals surface area contributed by atoms with E-state index < -0.39 is 0 Å². The van der Waals surface area contributed by atoms with E-state index in [9.17, 15) is 4.79 Å². The van der Waals surface area contributed by atoms with E-state index in [0.717, 1.165) is 5.69 Å². The van der Waals surface area contributed by atoms with E-state index in [1.54, 1.807) is 20.0 Å². The number of para-hydroxylation sites is 2. The lowest BCUT2D eigenvalue weighted by Crippen LogP contribution is -2.35. The SMILES string of the molecule is CNC(C)C(=O)Nc1ccccc1-n1cnnn1. The second-order valence-electron chi connectivity index (χ2n) is 3.77. The van der Waals surface area contributed by atoms with Crippen LogP contribution in [0.2, 0.25) is 0 Å². The average Bonchev–Trinajstić information content (AvgIpc) is 2.92. The van der Waals surface area contributed by atoms with Gasteiger partial charge in [-0.1, -0.05) is 12.1 Å². The fourth-order valence-electron chi connectivity index (χ4n) is 1.42. The number of tetrazole rings is 1. The third-order valence-electron chi connectivity index (χ3n) is 2.58. The van der Waals surface area contributed by atoms with Crippen LogP contribution in [0.1, 0.15) is 6.92 Å². The molecule has 0 radical (unpaired) electrons. The Morgan fingerprint density at radius 3 is 2.83 bits per heavy atom. The van der Waals surface area contributed by atoms with Crippen molar-refractivity contribution in [3.05, 3.63) is 30.6 Å². The highest BCUT2D eigenvalue weighted by Crippen LogP contribution is 2.18. The molecular weight excluding hydrogens is 232 g/mol. The van der Waals surface area contributed by atoms with Gasteiger partial charge in [0.05, 0.1) is 17.4 Å². The number of carbonyl (C=O) groups excluding carboxylic acids is 1. The Bertz CT molecular complexity index is 524. The van der Waals surface area contributed by atoms with Crippen molar-refractivity contribution in [1.29, 1.82) is 0 Å². The van der Waals surface area contributed by atoms with Gasteiger partial charge in [-0.3, -0.25) is 4.79 Å². The summed E-state index contributed by atoms with van der Waals surface area (Å²) in [5.41, 5.74) is 1.39. The summed E-state index contributed by atoms with van der Waals surface area (Å²) in [5, 5.41) is 16.7. The van der Waals surface area contributed by atoms with Gasteiger partial charge in [0, 0.05) is 0 Å². The van der Waals surface area contributed by atoms with Crippen LogP contribution in [0, 0.1) is 0 Å². The molecule has 0 saturated carbocycles. The Morgan fingerprint density at radius 2 is 2.17 bits per heavy atom. The minimum absolute atomic E-state index is 0.113. The summed E-state index contributed by atoms with van der Waals surface area (Å²) in [6.07, 6.45) is 1.48. The number of nitrogens with one attached hydrogen (secondary N) is 2. The second kappa shape index (κ2) is 5.37. The van der Waals surface area contributed by atoms with Gasteiger partial charge in [0.15, 0.2) is 0 Å². The molecule has 0 aliphatic heterocycles. The van der Waals surface area contributed by atoms with Gasteiger partial charge in [0.1, 0.15) is 6.33 Å². The molecule has 0 fully saturated rings. The standard InChI is InChI=1S/C11H14N6O/c1-8(12-2)11(18)14-9-5-3-4-6-10(9)17-7-13-15-16-17/h3-8,12H,1-2H3,(H,14,18). The number of nitrogens with zero attached hydrogens (tertiary/aromatic N) is 4. The van der Waals surface area contributed by atoms with Gasteiger partial charge >= 0.3 is 0 Å². The summed E-state index contributed by atoms with van der Waals surface area (Å²) < 4.78 is 1.50. The summed E-state index contributed by atoms with van der Waals surface area (Å²) in [6, 6.07) is 7.06. The topological polar surface area (TPSA) is 84.7 Å². The molecule has 0 spiro atoms. The lowest BCUT2D eigenvalue weighted by molar-refractivity contribution is -0.117. The minimum Gasteiger partial charge on any atom is -0.323 e. The summed E-state index contributed by atoms with van der Waals surface area (Å²) >= 11 is 0. The van der Waals surface area contributed by atoms with Crippen LogP contribution in [0.3, 0.4) is 0 Å². The van der Waals surface area contributed by atoms with Crippen molar-refractivity contribution in [3.8, 4) is 5.69 Å². The van der Waals surface area contributed by atoms with E-state index in [1.807, 2.05) is 18.2 Å². The number of hydrogen-bond acceptors (Lipinski definition) is 5. The second-order valence-corrected chi connectivity index (χ2v) is 3.77. The first-order chi connectivity index (χ1) is 8.72. The molecule has 1 aromatic carbocycles. The zero-order valence-electron chi connectivity index (χ0n) is 10.2. The van der Waals surface area contributed by atoms with Crippen molar-refractivity contribution < 1.29 is 4.79 Å². The molecule has 2 N–H and O–H groups in total. The Kier molecular flexibility index (Phi) is 3.63. The van der Waals surface area contributed by atoms with E-state index >= 15 is 0 Å². The number of likely N-dealkylation sites (N-methyl/N-ethyl adjacent to an activating group) is 1. The molecule has 1 atom stereocenters. The van der Waals surface area contributed by atoms with Crippen LogP contribution in [0.15, 0.2) is 30.6 Å². The first-order valence-corrected chi connectivity index (χ1v) is 5.53. The van der Waals surface area contributed by atoms with Crippen molar-refractivity contribution in [2.45, 2.75) is 13.0 Å². The Morgan fingerprint density at radius 1 is 1.39 bits per heavy atom. The normalized spacial score (nSPS) is 12.1. The number of benzene rings is 1. The van der Waals surface area contributed by atoms with Crippen LogP contribution < -0.4 is 10.6 Å². The summed E-state index contributed by atoms with van der Waals surface area (Å²) in [4.78, 5) is 11.8. The van der Waals surface area contributed by atoms with Crippen molar-refractivity contribution >= 4 is 11.6 Å². The zero-order valence-corrected chi connectivity index (χ0v) is 10.2. The minimum atomic E-state index is -0.271. The molecule has 0 bridgehead atoms. The van der Waals surface area contributed by atoms with Crippen molar-refractivity contribution in [1.82, 2.24) is 25.5 Å². The molecule has 1 aromatic heterocycles. The molecule has 1 amide bonds. The quantitative estimate of drug-likeness (QED) is 0.805. The fraction of sp³-hybridized carbons (Fsp3) is 0.273. The van der Waals surface area contributed by atoms with Gasteiger partial charge in [-0.05, 0) is 36.5 Å². The van der Waals surface area contributed by atoms with Crippen LogP contribution in [-0.4, -0.2) is 39.2 Å². The maximum atomic E-state index is 11.8. The summed E-state index contributed by atoms with van der Waals surface area (Å²) in [7, 11) is 1.73. The molecule has 0 saturated heterocycles. The zero-order chi connectivity index (χ0) is 13.0. The van der Waals surface area contributed by atoms with E-state index in [-0.39, 0.29) is 11.9 Å². The van der Waals surface area contributed by atoms with Crippen LogP contribution in [-0.2, 0) is 4.79 Å². The van der Waals surface area contributed by atoms with Crippen molar-refractivity contribution in [2.24, 2.45) is 0 Å². The predicted octanol–water partition coefficient (Wildman–Crippen LogP) is 0.209. The van der Waals surface area contributed by atoms with Crippen molar-refractivity contribution in [3.63, 3.8) is 0 Å². The van der Waals surface area contributed by atoms with E-state index in [0.29, 0.717) is 5.69 Å². The molecule has 0 aliphatic carbocycles. The first-order valence-electron chi connectivity index (χ1n) is 5.53. The molecule has 7 nitrogen and oxygen atoms in total. The monoisotopic (exact) mass is 246 g/mol.